The Bertz CT molecular complexity index is 826. The molecule has 0 unspecified atom stereocenters. The highest BCUT2D eigenvalue weighted by atomic mass is 19.4. The first-order valence-electron chi connectivity index (χ1n) is 8.37. The number of hydrogen-bond acceptors (Lipinski definition) is 2. The monoisotopic (exact) mass is 404 g/mol. The standard InChI is InChI=1S/C19H18F6N2O/c1-3-6-26-16-7-12(5-4-11(16)2)17(28)27-15-9-13(18(20,21)22)8-14(10-15)19(23,24)25/h4-5,7-10,26H,3,6H2,1-2H3,(H,27,28). The van der Waals surface area contributed by atoms with Crippen molar-refractivity contribution in [3.63, 3.8) is 0 Å². The first-order chi connectivity index (χ1) is 12.9. The van der Waals surface area contributed by atoms with E-state index in [4.69, 9.17) is 0 Å². The van der Waals surface area contributed by atoms with Crippen LogP contribution in [0.25, 0.3) is 0 Å². The van der Waals surface area contributed by atoms with E-state index in [9.17, 15) is 31.1 Å². The summed E-state index contributed by atoms with van der Waals surface area (Å²) in [5.41, 5.74) is -1.96. The zero-order valence-corrected chi connectivity index (χ0v) is 15.1. The molecular weight excluding hydrogens is 386 g/mol. The van der Waals surface area contributed by atoms with E-state index in [1.165, 1.54) is 12.1 Å². The van der Waals surface area contributed by atoms with Crippen LogP contribution in [0.5, 0.6) is 0 Å². The zero-order chi connectivity index (χ0) is 21.1. The number of alkyl halides is 6. The van der Waals surface area contributed by atoms with Gasteiger partial charge in [0.05, 0.1) is 11.1 Å². The largest absolute Gasteiger partial charge is 0.416 e. The predicted octanol–water partition coefficient (Wildman–Crippen LogP) is 6.11. The first kappa shape index (κ1) is 21.6. The lowest BCUT2D eigenvalue weighted by molar-refractivity contribution is -0.143. The van der Waals surface area contributed by atoms with E-state index in [2.05, 4.69) is 10.6 Å². The fourth-order valence-electron chi connectivity index (χ4n) is 2.44. The van der Waals surface area contributed by atoms with E-state index in [-0.39, 0.29) is 11.6 Å². The predicted molar refractivity (Wildman–Crippen MR) is 94.4 cm³/mol. The molecule has 0 aliphatic heterocycles. The van der Waals surface area contributed by atoms with Gasteiger partial charge in [-0.25, -0.2) is 0 Å². The first-order valence-corrected chi connectivity index (χ1v) is 8.37. The van der Waals surface area contributed by atoms with Crippen molar-refractivity contribution >= 4 is 17.3 Å². The molecule has 1 amide bonds. The SMILES string of the molecule is CCCNc1cc(C(=O)Nc2cc(C(F)(F)F)cc(C(F)(F)F)c2)ccc1C. The molecule has 28 heavy (non-hydrogen) atoms. The number of aryl methyl sites for hydroxylation is 1. The van der Waals surface area contributed by atoms with Gasteiger partial charge in [-0.1, -0.05) is 13.0 Å². The fraction of sp³-hybridized carbons (Fsp3) is 0.316. The molecule has 0 aliphatic carbocycles. The molecule has 0 bridgehead atoms. The van der Waals surface area contributed by atoms with Crippen molar-refractivity contribution in [3.05, 3.63) is 58.7 Å². The molecule has 2 rings (SSSR count). The Balaban J connectivity index is 2.35. The quantitative estimate of drug-likeness (QED) is 0.591. The second-order valence-electron chi connectivity index (χ2n) is 6.21. The van der Waals surface area contributed by atoms with Crippen LogP contribution in [0.3, 0.4) is 0 Å². The number of anilines is 2. The molecule has 2 aromatic carbocycles. The number of carbonyl (C=O) groups excluding carboxylic acids is 1. The smallest absolute Gasteiger partial charge is 0.385 e. The second kappa shape index (κ2) is 8.12. The van der Waals surface area contributed by atoms with Crippen LogP contribution in [0.4, 0.5) is 37.7 Å². The normalized spacial score (nSPS) is 12.0. The van der Waals surface area contributed by atoms with Crippen molar-refractivity contribution in [2.45, 2.75) is 32.6 Å². The lowest BCUT2D eigenvalue weighted by Gasteiger charge is -2.15. The number of rotatable bonds is 5. The summed E-state index contributed by atoms with van der Waals surface area (Å²) >= 11 is 0. The Morgan fingerprint density at radius 1 is 0.929 bits per heavy atom. The van der Waals surface area contributed by atoms with Gasteiger partial charge in [0.15, 0.2) is 0 Å². The lowest BCUT2D eigenvalue weighted by atomic mass is 10.1. The Morgan fingerprint density at radius 2 is 1.50 bits per heavy atom. The number of hydrogen-bond donors (Lipinski definition) is 2. The summed E-state index contributed by atoms with van der Waals surface area (Å²) in [4.78, 5) is 12.4. The fourth-order valence-corrected chi connectivity index (χ4v) is 2.44. The number of amides is 1. The molecule has 9 heteroatoms. The van der Waals surface area contributed by atoms with Gasteiger partial charge in [-0.15, -0.1) is 0 Å². The molecule has 0 atom stereocenters. The summed E-state index contributed by atoms with van der Waals surface area (Å²) in [6.45, 7) is 4.40. The van der Waals surface area contributed by atoms with Gasteiger partial charge in [-0.3, -0.25) is 4.79 Å². The van der Waals surface area contributed by atoms with Crippen LogP contribution in [-0.4, -0.2) is 12.5 Å². The molecular formula is C19H18F6N2O. The average molecular weight is 404 g/mol. The topological polar surface area (TPSA) is 41.1 Å². The number of benzene rings is 2. The highest BCUT2D eigenvalue weighted by Crippen LogP contribution is 2.37. The van der Waals surface area contributed by atoms with Crippen molar-refractivity contribution in [1.82, 2.24) is 0 Å². The third-order valence-electron chi connectivity index (χ3n) is 3.91. The second-order valence-corrected chi connectivity index (χ2v) is 6.21. The Kier molecular flexibility index (Phi) is 6.26. The lowest BCUT2D eigenvalue weighted by Crippen LogP contribution is -2.16. The van der Waals surface area contributed by atoms with Gasteiger partial charge in [0.25, 0.3) is 5.91 Å². The molecule has 3 nitrogen and oxygen atoms in total. The molecule has 0 saturated carbocycles. The summed E-state index contributed by atoms with van der Waals surface area (Å²) < 4.78 is 77.5. The van der Waals surface area contributed by atoms with Crippen LogP contribution >= 0.6 is 0 Å². The minimum absolute atomic E-state index is 0.00824. The number of halogens is 6. The van der Waals surface area contributed by atoms with E-state index in [1.54, 1.807) is 6.07 Å². The molecule has 0 saturated heterocycles. The summed E-state index contributed by atoms with van der Waals surface area (Å²) in [7, 11) is 0. The summed E-state index contributed by atoms with van der Waals surface area (Å²) in [5, 5.41) is 5.22. The average Bonchev–Trinajstić information content (AvgIpc) is 2.59. The zero-order valence-electron chi connectivity index (χ0n) is 15.1. The molecule has 0 fully saturated rings. The van der Waals surface area contributed by atoms with E-state index >= 15 is 0 Å². The van der Waals surface area contributed by atoms with E-state index in [0.29, 0.717) is 24.4 Å². The Hall–Kier alpha value is -2.71. The van der Waals surface area contributed by atoms with Gasteiger partial charge in [0.1, 0.15) is 0 Å². The van der Waals surface area contributed by atoms with Gasteiger partial charge in [0, 0.05) is 23.5 Å². The van der Waals surface area contributed by atoms with Gasteiger partial charge >= 0.3 is 12.4 Å². The number of nitrogens with one attached hydrogen (secondary N) is 2. The van der Waals surface area contributed by atoms with Crippen LogP contribution in [0.1, 0.15) is 40.4 Å². The highest BCUT2D eigenvalue weighted by molar-refractivity contribution is 6.05. The van der Waals surface area contributed by atoms with Gasteiger partial charge in [0.2, 0.25) is 0 Å². The third kappa shape index (κ3) is 5.40. The Labute approximate surface area is 157 Å². The van der Waals surface area contributed by atoms with E-state index < -0.39 is 35.1 Å². The summed E-state index contributed by atoms with van der Waals surface area (Å²) in [6.07, 6.45) is -9.13. The molecule has 2 aromatic rings. The number of carbonyl (C=O) groups is 1. The van der Waals surface area contributed by atoms with Crippen molar-refractivity contribution in [2.24, 2.45) is 0 Å². The minimum Gasteiger partial charge on any atom is -0.385 e. The van der Waals surface area contributed by atoms with Crippen molar-refractivity contribution in [3.8, 4) is 0 Å². The third-order valence-corrected chi connectivity index (χ3v) is 3.91. The van der Waals surface area contributed by atoms with E-state index in [1.807, 2.05) is 13.8 Å². The Morgan fingerprint density at radius 3 is 2.00 bits per heavy atom. The molecule has 0 aliphatic rings. The van der Waals surface area contributed by atoms with Crippen LogP contribution < -0.4 is 10.6 Å². The molecule has 0 spiro atoms. The molecule has 2 N–H and O–H groups in total. The van der Waals surface area contributed by atoms with Crippen LogP contribution in [0.2, 0.25) is 0 Å². The summed E-state index contributed by atoms with van der Waals surface area (Å²) in [6, 6.07) is 5.53. The van der Waals surface area contributed by atoms with Gasteiger partial charge in [-0.05, 0) is 49.2 Å². The molecule has 0 aromatic heterocycles. The van der Waals surface area contributed by atoms with Crippen LogP contribution in [-0.2, 0) is 12.4 Å². The maximum absolute atomic E-state index is 12.9. The van der Waals surface area contributed by atoms with Gasteiger partial charge < -0.3 is 10.6 Å². The molecule has 0 heterocycles. The summed E-state index contributed by atoms with van der Waals surface area (Å²) in [5.74, 6) is -0.813. The highest BCUT2D eigenvalue weighted by Gasteiger charge is 2.37. The van der Waals surface area contributed by atoms with Crippen molar-refractivity contribution < 1.29 is 31.1 Å². The van der Waals surface area contributed by atoms with Gasteiger partial charge in [-0.2, -0.15) is 26.3 Å². The maximum Gasteiger partial charge on any atom is 0.416 e. The van der Waals surface area contributed by atoms with Crippen LogP contribution in [0, 0.1) is 6.92 Å². The van der Waals surface area contributed by atoms with Crippen molar-refractivity contribution in [1.29, 1.82) is 0 Å². The minimum atomic E-state index is -4.98. The van der Waals surface area contributed by atoms with Crippen LogP contribution in [0.15, 0.2) is 36.4 Å². The molecule has 0 radical (unpaired) electrons. The maximum atomic E-state index is 12.9. The molecule has 152 valence electrons. The van der Waals surface area contributed by atoms with E-state index in [0.717, 1.165) is 12.0 Å². The van der Waals surface area contributed by atoms with Crippen molar-refractivity contribution in [2.75, 3.05) is 17.2 Å².